The largest absolute Gasteiger partial charge is 0.458 e. The van der Waals surface area contributed by atoms with E-state index in [0.29, 0.717) is 0 Å². The molecule has 1 rings (SSSR count). The summed E-state index contributed by atoms with van der Waals surface area (Å²) in [6, 6.07) is 0. The van der Waals surface area contributed by atoms with Gasteiger partial charge in [0.2, 0.25) is 5.67 Å². The first-order chi connectivity index (χ1) is 5.73. The predicted molar refractivity (Wildman–Crippen MR) is 43.9 cm³/mol. The van der Waals surface area contributed by atoms with E-state index in [9.17, 15) is 14.0 Å². The van der Waals surface area contributed by atoms with Crippen LogP contribution in [-0.2, 0) is 14.3 Å². The van der Waals surface area contributed by atoms with E-state index in [-0.39, 0.29) is 18.6 Å². The van der Waals surface area contributed by atoms with E-state index in [4.69, 9.17) is 4.74 Å². The number of hydrogen-bond donors (Lipinski definition) is 0. The first-order valence-corrected chi connectivity index (χ1v) is 4.17. The van der Waals surface area contributed by atoms with Crippen molar-refractivity contribution < 1.29 is 18.7 Å². The number of halogens is 1. The minimum absolute atomic E-state index is 0.228. The fraction of sp³-hybridized carbons (Fsp3) is 0.778. The molecule has 0 radical (unpaired) electrons. The molecule has 1 aliphatic carbocycles. The van der Waals surface area contributed by atoms with Gasteiger partial charge in [0, 0.05) is 0 Å². The van der Waals surface area contributed by atoms with Gasteiger partial charge in [-0.1, -0.05) is 0 Å². The summed E-state index contributed by atoms with van der Waals surface area (Å²) < 4.78 is 18.2. The van der Waals surface area contributed by atoms with Crippen LogP contribution in [0.4, 0.5) is 4.39 Å². The second kappa shape index (κ2) is 2.79. The number of rotatable bonds is 1. The summed E-state index contributed by atoms with van der Waals surface area (Å²) >= 11 is 0. The molecule has 74 valence electrons. The molecule has 0 aromatic rings. The van der Waals surface area contributed by atoms with Gasteiger partial charge in [-0.25, -0.2) is 9.18 Å². The Labute approximate surface area is 76.3 Å². The highest BCUT2D eigenvalue weighted by Gasteiger charge is 2.52. The molecule has 0 aliphatic heterocycles. The van der Waals surface area contributed by atoms with Crippen LogP contribution in [0.3, 0.4) is 0 Å². The third-order valence-electron chi connectivity index (χ3n) is 1.72. The second-order valence-electron chi connectivity index (χ2n) is 4.36. The lowest BCUT2D eigenvalue weighted by molar-refractivity contribution is -0.178. The van der Waals surface area contributed by atoms with Crippen molar-refractivity contribution in [1.82, 2.24) is 0 Å². The topological polar surface area (TPSA) is 43.4 Å². The molecule has 13 heavy (non-hydrogen) atoms. The van der Waals surface area contributed by atoms with E-state index < -0.39 is 17.2 Å². The van der Waals surface area contributed by atoms with Crippen LogP contribution in [-0.4, -0.2) is 23.0 Å². The Morgan fingerprint density at radius 3 is 2.23 bits per heavy atom. The molecular formula is C9H13FO3. The summed E-state index contributed by atoms with van der Waals surface area (Å²) in [6.07, 6.45) is -0.663. The predicted octanol–water partition coefficient (Wildman–Crippen LogP) is 1.40. The van der Waals surface area contributed by atoms with Crippen molar-refractivity contribution in [3.8, 4) is 0 Å². The quantitative estimate of drug-likeness (QED) is 0.584. The van der Waals surface area contributed by atoms with E-state index in [2.05, 4.69) is 0 Å². The van der Waals surface area contributed by atoms with E-state index in [1.54, 1.807) is 20.8 Å². The maximum Gasteiger partial charge on any atom is 0.345 e. The van der Waals surface area contributed by atoms with Crippen molar-refractivity contribution in [1.29, 1.82) is 0 Å². The van der Waals surface area contributed by atoms with Gasteiger partial charge in [0.1, 0.15) is 11.4 Å². The van der Waals surface area contributed by atoms with Crippen LogP contribution in [0.1, 0.15) is 33.6 Å². The molecule has 0 saturated heterocycles. The molecule has 0 N–H and O–H groups in total. The summed E-state index contributed by atoms with van der Waals surface area (Å²) in [5, 5.41) is 0. The van der Waals surface area contributed by atoms with Gasteiger partial charge in [0.25, 0.3) is 0 Å². The summed E-state index contributed by atoms with van der Waals surface area (Å²) in [6.45, 7) is 4.98. The van der Waals surface area contributed by atoms with E-state index >= 15 is 0 Å². The lowest BCUT2D eigenvalue weighted by Gasteiger charge is -2.32. The number of alkyl halides is 1. The average molecular weight is 188 g/mol. The zero-order valence-electron chi connectivity index (χ0n) is 8.02. The van der Waals surface area contributed by atoms with Gasteiger partial charge >= 0.3 is 5.97 Å². The van der Waals surface area contributed by atoms with Crippen molar-refractivity contribution >= 4 is 11.8 Å². The van der Waals surface area contributed by atoms with Crippen LogP contribution in [0.25, 0.3) is 0 Å². The van der Waals surface area contributed by atoms with Crippen molar-refractivity contribution in [3.63, 3.8) is 0 Å². The lowest BCUT2D eigenvalue weighted by Crippen LogP contribution is -2.50. The van der Waals surface area contributed by atoms with Gasteiger partial charge in [0.15, 0.2) is 0 Å². The minimum Gasteiger partial charge on any atom is -0.458 e. The van der Waals surface area contributed by atoms with Gasteiger partial charge in [0.05, 0.1) is 12.8 Å². The van der Waals surface area contributed by atoms with Gasteiger partial charge in [-0.3, -0.25) is 4.79 Å². The summed E-state index contributed by atoms with van der Waals surface area (Å²) in [4.78, 5) is 21.7. The molecule has 1 fully saturated rings. The fourth-order valence-electron chi connectivity index (χ4n) is 1.09. The molecule has 0 heterocycles. The van der Waals surface area contributed by atoms with Crippen LogP contribution in [0.5, 0.6) is 0 Å². The summed E-state index contributed by atoms with van der Waals surface area (Å²) in [5.41, 5.74) is -2.75. The van der Waals surface area contributed by atoms with E-state index in [1.165, 1.54) is 0 Å². The maximum absolute atomic E-state index is 13.4. The molecule has 4 heteroatoms. The number of carbonyl (C=O) groups is 2. The van der Waals surface area contributed by atoms with Crippen LogP contribution in [0.2, 0.25) is 0 Å². The summed E-state index contributed by atoms with van der Waals surface area (Å²) in [7, 11) is 0. The van der Waals surface area contributed by atoms with Crippen molar-refractivity contribution in [3.05, 3.63) is 0 Å². The third-order valence-corrected chi connectivity index (χ3v) is 1.72. The molecule has 3 nitrogen and oxygen atoms in total. The Hall–Kier alpha value is -0.930. The highest BCUT2D eigenvalue weighted by atomic mass is 19.1. The second-order valence-corrected chi connectivity index (χ2v) is 4.36. The number of Topliss-reactive ketones (excluding diaryl/α,β-unsaturated/α-hetero) is 1. The number of esters is 1. The lowest BCUT2D eigenvalue weighted by atomic mass is 9.81. The number of carbonyl (C=O) groups excluding carboxylic acids is 2. The van der Waals surface area contributed by atoms with Crippen molar-refractivity contribution in [2.24, 2.45) is 0 Å². The molecular weight excluding hydrogens is 175 g/mol. The zero-order chi connectivity index (χ0) is 10.3. The SMILES string of the molecule is CC(C)(C)OC(=O)C1(F)CC(=O)C1. The van der Waals surface area contributed by atoms with Crippen LogP contribution in [0, 0.1) is 0 Å². The van der Waals surface area contributed by atoms with Gasteiger partial charge in [-0.05, 0) is 20.8 Å². The normalized spacial score (nSPS) is 20.8. The van der Waals surface area contributed by atoms with Gasteiger partial charge in [-0.2, -0.15) is 0 Å². The summed E-state index contributed by atoms with van der Waals surface area (Å²) in [5.74, 6) is -1.15. The van der Waals surface area contributed by atoms with Crippen molar-refractivity contribution in [2.75, 3.05) is 0 Å². The Bertz CT molecular complexity index is 244. The molecule has 1 aliphatic rings. The standard InChI is InChI=1S/C9H13FO3/c1-8(2,3)13-7(12)9(10)4-6(11)5-9/h4-5H2,1-3H3. The van der Waals surface area contributed by atoms with Gasteiger partial charge < -0.3 is 4.74 Å². The van der Waals surface area contributed by atoms with Gasteiger partial charge in [-0.15, -0.1) is 0 Å². The van der Waals surface area contributed by atoms with Crippen molar-refractivity contribution in [2.45, 2.75) is 44.9 Å². The maximum atomic E-state index is 13.4. The molecule has 0 unspecified atom stereocenters. The molecule has 0 aromatic carbocycles. The Balaban J connectivity index is 2.54. The molecule has 0 aromatic heterocycles. The zero-order valence-corrected chi connectivity index (χ0v) is 8.02. The Morgan fingerprint density at radius 2 is 1.92 bits per heavy atom. The number of ketones is 1. The Kier molecular flexibility index (Phi) is 2.18. The number of hydrogen-bond acceptors (Lipinski definition) is 3. The first-order valence-electron chi connectivity index (χ1n) is 4.17. The number of ether oxygens (including phenoxy) is 1. The average Bonchev–Trinajstić information content (AvgIpc) is 1.80. The smallest absolute Gasteiger partial charge is 0.345 e. The monoisotopic (exact) mass is 188 g/mol. The molecule has 0 spiro atoms. The molecule has 0 bridgehead atoms. The van der Waals surface area contributed by atoms with Crippen LogP contribution >= 0.6 is 0 Å². The highest BCUT2D eigenvalue weighted by molar-refractivity contribution is 5.99. The highest BCUT2D eigenvalue weighted by Crippen LogP contribution is 2.35. The Morgan fingerprint density at radius 1 is 1.46 bits per heavy atom. The molecule has 1 saturated carbocycles. The molecule has 0 atom stereocenters. The van der Waals surface area contributed by atoms with Crippen LogP contribution < -0.4 is 0 Å². The first kappa shape index (κ1) is 10.2. The fourth-order valence-corrected chi connectivity index (χ4v) is 1.09. The minimum atomic E-state index is -2.05. The third kappa shape index (κ3) is 2.26. The van der Waals surface area contributed by atoms with E-state index in [1.807, 2.05) is 0 Å². The van der Waals surface area contributed by atoms with E-state index in [0.717, 1.165) is 0 Å². The van der Waals surface area contributed by atoms with Crippen LogP contribution in [0.15, 0.2) is 0 Å². The molecule has 0 amide bonds.